The average Bonchev–Trinajstić information content (AvgIpc) is 2.71. The van der Waals surface area contributed by atoms with E-state index >= 15 is 0 Å². The van der Waals surface area contributed by atoms with Crippen molar-refractivity contribution in [3.8, 4) is 0 Å². The molecule has 0 saturated heterocycles. The van der Waals surface area contributed by atoms with E-state index in [1.165, 1.54) is 4.90 Å². The maximum atomic E-state index is 11.7. The molecule has 0 aliphatic carbocycles. The second kappa shape index (κ2) is 6.05. The monoisotopic (exact) mass is 286 g/mol. The molecule has 10 nitrogen and oxygen atoms in total. The molecule has 2 atom stereocenters. The van der Waals surface area contributed by atoms with Gasteiger partial charge >= 0.3 is 0 Å². The number of ether oxygens (including phenoxy) is 1. The molecule has 1 aromatic rings. The van der Waals surface area contributed by atoms with E-state index in [9.17, 15) is 9.90 Å². The Balaban J connectivity index is 2.11. The molecule has 10 heteroatoms. The summed E-state index contributed by atoms with van der Waals surface area (Å²) in [5, 5.41) is 21.3. The molecule has 112 valence electrons. The predicted octanol–water partition coefficient (Wildman–Crippen LogP) is -2.11. The third-order valence-corrected chi connectivity index (χ3v) is 2.81. The van der Waals surface area contributed by atoms with Gasteiger partial charge in [0, 0.05) is 6.61 Å². The number of nitrogens with two attached hydrogens (primary N) is 2. The zero-order valence-electron chi connectivity index (χ0n) is 10.7. The molecule has 0 saturated carbocycles. The highest BCUT2D eigenvalue weighted by Gasteiger charge is 2.35. The smallest absolute Gasteiger partial charge is 0.277 e. The van der Waals surface area contributed by atoms with Crippen LogP contribution in [0.1, 0.15) is 12.8 Å². The Labute approximate surface area is 114 Å². The standard InChI is InChI=1S/C10H18N6O4/c11-8-14-6-5(7(18)15-8)13-9(12)16(6)10(19)20-4-2-1-3-17/h9-10,13,17,19H,1-4,12H2,(H3,11,14,15,18). The van der Waals surface area contributed by atoms with Crippen LogP contribution < -0.4 is 27.2 Å². The average molecular weight is 286 g/mol. The lowest BCUT2D eigenvalue weighted by Gasteiger charge is -2.27. The van der Waals surface area contributed by atoms with Gasteiger partial charge in [0.05, 0.1) is 6.61 Å². The van der Waals surface area contributed by atoms with Crippen LogP contribution in [0.2, 0.25) is 0 Å². The number of fused-ring (bicyclic) bond motifs is 1. The molecule has 0 aromatic carbocycles. The Kier molecular flexibility index (Phi) is 4.39. The predicted molar refractivity (Wildman–Crippen MR) is 71.6 cm³/mol. The number of aliphatic hydroxyl groups excluding tert-OH is 2. The number of aliphatic hydroxyl groups is 2. The van der Waals surface area contributed by atoms with Crippen molar-refractivity contribution < 1.29 is 14.9 Å². The van der Waals surface area contributed by atoms with E-state index in [1.807, 2.05) is 0 Å². The molecule has 0 bridgehead atoms. The van der Waals surface area contributed by atoms with Gasteiger partial charge < -0.3 is 26.0 Å². The Morgan fingerprint density at radius 1 is 1.50 bits per heavy atom. The summed E-state index contributed by atoms with van der Waals surface area (Å²) in [5.41, 5.74) is 10.9. The quantitative estimate of drug-likeness (QED) is 0.254. The van der Waals surface area contributed by atoms with Crippen LogP contribution in [0, 0.1) is 0 Å². The van der Waals surface area contributed by atoms with Crippen LogP contribution in [-0.2, 0) is 4.74 Å². The second-order valence-electron chi connectivity index (χ2n) is 4.27. The molecule has 0 amide bonds. The Morgan fingerprint density at radius 2 is 2.25 bits per heavy atom. The van der Waals surface area contributed by atoms with Crippen LogP contribution in [-0.4, -0.2) is 46.1 Å². The number of nitrogens with one attached hydrogen (secondary N) is 2. The molecule has 2 heterocycles. The van der Waals surface area contributed by atoms with E-state index in [4.69, 9.17) is 21.3 Å². The van der Waals surface area contributed by atoms with Crippen molar-refractivity contribution in [3.63, 3.8) is 0 Å². The van der Waals surface area contributed by atoms with Crippen molar-refractivity contribution in [2.75, 3.05) is 29.2 Å². The van der Waals surface area contributed by atoms with Crippen molar-refractivity contribution in [3.05, 3.63) is 10.4 Å². The lowest BCUT2D eigenvalue weighted by Crippen LogP contribution is -2.50. The SMILES string of the molecule is Nc1nc2c(c(=O)[nH]1)NC(N)N2C(O)OCCCCO. The zero-order valence-corrected chi connectivity index (χ0v) is 10.7. The molecule has 20 heavy (non-hydrogen) atoms. The molecular formula is C10H18N6O4. The number of hydrogen-bond acceptors (Lipinski definition) is 9. The van der Waals surface area contributed by atoms with Gasteiger partial charge in [0.2, 0.25) is 12.4 Å². The van der Waals surface area contributed by atoms with Crippen LogP contribution in [0.15, 0.2) is 4.79 Å². The molecule has 8 N–H and O–H groups in total. The summed E-state index contributed by atoms with van der Waals surface area (Å²) in [7, 11) is 0. The minimum atomic E-state index is -1.37. The van der Waals surface area contributed by atoms with Gasteiger partial charge in [-0.05, 0) is 12.8 Å². The summed E-state index contributed by atoms with van der Waals surface area (Å²) >= 11 is 0. The normalized spacial score (nSPS) is 18.8. The van der Waals surface area contributed by atoms with Gasteiger partial charge in [-0.15, -0.1) is 0 Å². The number of H-pyrrole nitrogens is 1. The summed E-state index contributed by atoms with van der Waals surface area (Å²) in [6.45, 7) is 0.291. The number of aromatic nitrogens is 2. The summed E-state index contributed by atoms with van der Waals surface area (Å²) in [4.78, 5) is 19.1. The number of hydrogen-bond donors (Lipinski definition) is 6. The van der Waals surface area contributed by atoms with Gasteiger partial charge in [0.1, 0.15) is 5.69 Å². The first-order valence-corrected chi connectivity index (χ1v) is 6.15. The van der Waals surface area contributed by atoms with Gasteiger partial charge in [-0.1, -0.05) is 0 Å². The zero-order chi connectivity index (χ0) is 14.7. The van der Waals surface area contributed by atoms with Gasteiger partial charge in [0.25, 0.3) is 5.56 Å². The maximum absolute atomic E-state index is 11.7. The topological polar surface area (TPSA) is 163 Å². The number of aromatic amines is 1. The van der Waals surface area contributed by atoms with Crippen molar-refractivity contribution in [2.24, 2.45) is 5.73 Å². The summed E-state index contributed by atoms with van der Waals surface area (Å²) < 4.78 is 5.19. The largest absolute Gasteiger partial charge is 0.396 e. The Bertz CT molecular complexity index is 521. The number of nitrogen functional groups attached to an aromatic ring is 1. The highest BCUT2D eigenvalue weighted by atomic mass is 16.6. The molecular weight excluding hydrogens is 268 g/mol. The molecule has 1 aliphatic rings. The molecule has 2 rings (SSSR count). The Morgan fingerprint density at radius 3 is 2.95 bits per heavy atom. The number of unbranched alkanes of at least 4 members (excludes halogenated alkanes) is 1. The minimum absolute atomic E-state index is 0.0561. The van der Waals surface area contributed by atoms with Crippen LogP contribution in [0.25, 0.3) is 0 Å². The number of anilines is 3. The summed E-state index contributed by atoms with van der Waals surface area (Å²) in [6, 6.07) is 0. The Hall–Kier alpha value is -1.88. The third-order valence-electron chi connectivity index (χ3n) is 2.81. The second-order valence-corrected chi connectivity index (χ2v) is 4.27. The molecule has 0 fully saturated rings. The van der Waals surface area contributed by atoms with Gasteiger partial charge in [-0.25, -0.2) is 0 Å². The lowest BCUT2D eigenvalue weighted by atomic mass is 10.3. The van der Waals surface area contributed by atoms with Crippen molar-refractivity contribution >= 4 is 17.5 Å². The summed E-state index contributed by atoms with van der Waals surface area (Å²) in [5.74, 6) is 0.0514. The van der Waals surface area contributed by atoms with Crippen LogP contribution in [0.3, 0.4) is 0 Å². The summed E-state index contributed by atoms with van der Waals surface area (Å²) in [6.07, 6.45) is -1.07. The van der Waals surface area contributed by atoms with E-state index in [-0.39, 0.29) is 30.7 Å². The van der Waals surface area contributed by atoms with Gasteiger partial charge in [-0.3, -0.25) is 20.4 Å². The van der Waals surface area contributed by atoms with Crippen LogP contribution in [0.4, 0.5) is 17.5 Å². The fourth-order valence-corrected chi connectivity index (χ4v) is 1.87. The van der Waals surface area contributed by atoms with E-state index < -0.39 is 18.3 Å². The van der Waals surface area contributed by atoms with E-state index in [1.54, 1.807) is 0 Å². The van der Waals surface area contributed by atoms with E-state index in [0.717, 1.165) is 0 Å². The molecule has 0 radical (unpaired) electrons. The maximum Gasteiger partial charge on any atom is 0.277 e. The lowest BCUT2D eigenvalue weighted by molar-refractivity contribution is -0.103. The third kappa shape index (κ3) is 2.82. The van der Waals surface area contributed by atoms with E-state index in [0.29, 0.717) is 12.8 Å². The molecule has 0 spiro atoms. The number of rotatable bonds is 6. The molecule has 1 aromatic heterocycles. The van der Waals surface area contributed by atoms with Crippen molar-refractivity contribution in [2.45, 2.75) is 25.5 Å². The highest BCUT2D eigenvalue weighted by Crippen LogP contribution is 2.29. The van der Waals surface area contributed by atoms with Crippen LogP contribution in [0.5, 0.6) is 0 Å². The first kappa shape index (κ1) is 14.5. The number of nitrogens with zero attached hydrogens (tertiary/aromatic N) is 2. The minimum Gasteiger partial charge on any atom is -0.396 e. The molecule has 1 aliphatic heterocycles. The van der Waals surface area contributed by atoms with Gasteiger partial charge in [-0.2, -0.15) is 4.98 Å². The van der Waals surface area contributed by atoms with Crippen molar-refractivity contribution in [1.29, 1.82) is 0 Å². The fourth-order valence-electron chi connectivity index (χ4n) is 1.87. The highest BCUT2D eigenvalue weighted by molar-refractivity contribution is 5.71. The van der Waals surface area contributed by atoms with Gasteiger partial charge in [0.15, 0.2) is 12.1 Å². The fraction of sp³-hybridized carbons (Fsp3) is 0.600. The van der Waals surface area contributed by atoms with Crippen molar-refractivity contribution in [1.82, 2.24) is 9.97 Å². The first-order valence-electron chi connectivity index (χ1n) is 6.15. The van der Waals surface area contributed by atoms with Crippen LogP contribution >= 0.6 is 0 Å². The van der Waals surface area contributed by atoms with E-state index in [2.05, 4.69) is 15.3 Å². The first-order chi connectivity index (χ1) is 9.54. The molecule has 2 unspecified atom stereocenters.